The normalized spacial score (nSPS) is 19.8. The number of halogens is 1. The first-order valence-electron chi connectivity index (χ1n) is 12.0. The maximum absolute atomic E-state index is 13.3. The summed E-state index contributed by atoms with van der Waals surface area (Å²) in [6.07, 6.45) is 7.79. The lowest BCUT2D eigenvalue weighted by Crippen LogP contribution is -2.55. The van der Waals surface area contributed by atoms with Crippen LogP contribution in [0.5, 0.6) is 0 Å². The van der Waals surface area contributed by atoms with Crippen molar-refractivity contribution in [1.82, 2.24) is 15.5 Å². The fraction of sp³-hybridized carbons (Fsp3) is 0.640. The Hall–Kier alpha value is -2.08. The zero-order valence-corrected chi connectivity index (χ0v) is 20.0. The lowest BCUT2D eigenvalue weighted by atomic mass is 9.88. The van der Waals surface area contributed by atoms with Crippen molar-refractivity contribution in [3.8, 4) is 0 Å². The van der Waals surface area contributed by atoms with Crippen molar-refractivity contribution in [3.05, 3.63) is 34.9 Å². The van der Waals surface area contributed by atoms with Gasteiger partial charge in [0.2, 0.25) is 11.8 Å². The average molecular weight is 462 g/mol. The van der Waals surface area contributed by atoms with E-state index in [0.29, 0.717) is 23.7 Å². The zero-order chi connectivity index (χ0) is 23.1. The highest BCUT2D eigenvalue weighted by atomic mass is 35.5. The molecule has 0 spiro atoms. The first-order valence-corrected chi connectivity index (χ1v) is 12.4. The number of carbonyl (C=O) groups excluding carboxylic acids is 3. The van der Waals surface area contributed by atoms with Crippen molar-refractivity contribution >= 4 is 29.3 Å². The molecule has 1 saturated carbocycles. The van der Waals surface area contributed by atoms with Gasteiger partial charge in [-0.15, -0.1) is 0 Å². The fourth-order valence-corrected chi connectivity index (χ4v) is 4.76. The van der Waals surface area contributed by atoms with E-state index in [4.69, 9.17) is 11.6 Å². The summed E-state index contributed by atoms with van der Waals surface area (Å²) in [7, 11) is 0. The average Bonchev–Trinajstić information content (AvgIpc) is 2.83. The topological polar surface area (TPSA) is 78.5 Å². The minimum absolute atomic E-state index is 0.0162. The number of carbonyl (C=O) groups is 3. The van der Waals surface area contributed by atoms with E-state index in [-0.39, 0.29) is 35.6 Å². The zero-order valence-electron chi connectivity index (χ0n) is 19.2. The molecule has 2 unspecified atom stereocenters. The van der Waals surface area contributed by atoms with E-state index in [9.17, 15) is 14.4 Å². The summed E-state index contributed by atoms with van der Waals surface area (Å²) >= 11 is 5.92. The maximum atomic E-state index is 13.3. The van der Waals surface area contributed by atoms with E-state index < -0.39 is 6.04 Å². The standard InChI is InChI=1S/C25H36ClN3O3/c1-3-17(2)22(28-24(31)19-9-11-20(26)12-10-19)25(32)29-15-13-21(14-16-29)27-23(30)18-7-5-4-6-8-18/h9-12,17-18,21-22H,3-8,13-16H2,1-2H3,(H,27,30)(H,28,31). The van der Waals surface area contributed by atoms with Crippen LogP contribution in [-0.4, -0.2) is 47.8 Å². The molecule has 32 heavy (non-hydrogen) atoms. The largest absolute Gasteiger partial charge is 0.353 e. The summed E-state index contributed by atoms with van der Waals surface area (Å²) in [6.45, 7) is 5.20. The maximum Gasteiger partial charge on any atom is 0.251 e. The van der Waals surface area contributed by atoms with Crippen LogP contribution >= 0.6 is 11.6 Å². The molecule has 1 aromatic rings. The Morgan fingerprint density at radius 2 is 1.66 bits per heavy atom. The third-order valence-corrected chi connectivity index (χ3v) is 7.25. The molecule has 3 rings (SSSR count). The molecule has 3 amide bonds. The van der Waals surface area contributed by atoms with Gasteiger partial charge in [-0.3, -0.25) is 14.4 Å². The van der Waals surface area contributed by atoms with E-state index in [2.05, 4.69) is 10.6 Å². The number of amides is 3. The molecular formula is C25H36ClN3O3. The van der Waals surface area contributed by atoms with Gasteiger partial charge >= 0.3 is 0 Å². The Bertz CT molecular complexity index is 784. The fourth-order valence-electron chi connectivity index (χ4n) is 4.63. The predicted molar refractivity (Wildman–Crippen MR) is 126 cm³/mol. The Balaban J connectivity index is 1.54. The van der Waals surface area contributed by atoms with Gasteiger partial charge in [0, 0.05) is 35.6 Å². The summed E-state index contributed by atoms with van der Waals surface area (Å²) in [5.74, 6) is 0.0413. The molecule has 1 aliphatic heterocycles. The van der Waals surface area contributed by atoms with Crippen LogP contribution in [0.2, 0.25) is 5.02 Å². The number of hydrogen-bond acceptors (Lipinski definition) is 3. The molecule has 1 aromatic carbocycles. The van der Waals surface area contributed by atoms with Gasteiger partial charge in [0.05, 0.1) is 0 Å². The summed E-state index contributed by atoms with van der Waals surface area (Å²) in [5, 5.41) is 6.72. The van der Waals surface area contributed by atoms with Crippen molar-refractivity contribution in [3.63, 3.8) is 0 Å². The second-order valence-electron chi connectivity index (χ2n) is 9.29. The Morgan fingerprint density at radius 3 is 2.25 bits per heavy atom. The highest BCUT2D eigenvalue weighted by Crippen LogP contribution is 2.24. The van der Waals surface area contributed by atoms with Gasteiger partial charge < -0.3 is 15.5 Å². The molecule has 1 saturated heterocycles. The van der Waals surface area contributed by atoms with Crippen LogP contribution in [0.4, 0.5) is 0 Å². The van der Waals surface area contributed by atoms with Crippen molar-refractivity contribution in [2.75, 3.05) is 13.1 Å². The quantitative estimate of drug-likeness (QED) is 0.639. The smallest absolute Gasteiger partial charge is 0.251 e. The molecule has 1 heterocycles. The minimum atomic E-state index is -0.573. The molecule has 2 fully saturated rings. The van der Waals surface area contributed by atoms with Gasteiger partial charge in [0.1, 0.15) is 6.04 Å². The highest BCUT2D eigenvalue weighted by Gasteiger charge is 2.33. The minimum Gasteiger partial charge on any atom is -0.353 e. The van der Waals surface area contributed by atoms with Crippen LogP contribution in [0.3, 0.4) is 0 Å². The molecule has 176 valence electrons. The number of hydrogen-bond donors (Lipinski definition) is 2. The second-order valence-corrected chi connectivity index (χ2v) is 9.72. The van der Waals surface area contributed by atoms with Crippen molar-refractivity contribution in [2.24, 2.45) is 11.8 Å². The number of benzene rings is 1. The first-order chi connectivity index (χ1) is 15.4. The van der Waals surface area contributed by atoms with E-state index in [1.54, 1.807) is 24.3 Å². The lowest BCUT2D eigenvalue weighted by Gasteiger charge is -2.36. The SMILES string of the molecule is CCC(C)C(NC(=O)c1ccc(Cl)cc1)C(=O)N1CCC(NC(=O)C2CCCCC2)CC1. The molecule has 0 aromatic heterocycles. The third kappa shape index (κ3) is 6.47. The molecule has 2 aliphatic rings. The van der Waals surface area contributed by atoms with Gasteiger partial charge in [-0.1, -0.05) is 51.1 Å². The molecule has 2 N–H and O–H groups in total. The summed E-state index contributed by atoms with van der Waals surface area (Å²) in [6, 6.07) is 6.22. The molecule has 0 radical (unpaired) electrons. The number of rotatable bonds is 7. The molecule has 6 nitrogen and oxygen atoms in total. The number of nitrogens with one attached hydrogen (secondary N) is 2. The molecule has 0 bridgehead atoms. The van der Waals surface area contributed by atoms with Crippen LogP contribution in [0.25, 0.3) is 0 Å². The van der Waals surface area contributed by atoms with Gasteiger partial charge in [-0.05, 0) is 55.9 Å². The van der Waals surface area contributed by atoms with Gasteiger partial charge in [-0.25, -0.2) is 0 Å². The lowest BCUT2D eigenvalue weighted by molar-refractivity contribution is -0.135. The number of likely N-dealkylation sites (tertiary alicyclic amines) is 1. The first kappa shape index (κ1) is 24.6. The summed E-state index contributed by atoms with van der Waals surface area (Å²) in [4.78, 5) is 40.4. The molecule has 2 atom stereocenters. The van der Waals surface area contributed by atoms with Crippen LogP contribution in [0.1, 0.15) is 75.6 Å². The van der Waals surface area contributed by atoms with Gasteiger partial charge in [-0.2, -0.15) is 0 Å². The van der Waals surface area contributed by atoms with Crippen LogP contribution in [0, 0.1) is 11.8 Å². The van der Waals surface area contributed by atoms with Gasteiger partial charge in [0.15, 0.2) is 0 Å². The van der Waals surface area contributed by atoms with Gasteiger partial charge in [0.25, 0.3) is 5.91 Å². The summed E-state index contributed by atoms with van der Waals surface area (Å²) in [5.41, 5.74) is 0.486. The monoisotopic (exact) mass is 461 g/mol. The van der Waals surface area contributed by atoms with Crippen LogP contribution in [-0.2, 0) is 9.59 Å². The molecule has 1 aliphatic carbocycles. The second kappa shape index (κ2) is 11.7. The Morgan fingerprint density at radius 1 is 1.03 bits per heavy atom. The van der Waals surface area contributed by atoms with Crippen molar-refractivity contribution < 1.29 is 14.4 Å². The van der Waals surface area contributed by atoms with Crippen LogP contribution in [0.15, 0.2) is 24.3 Å². The highest BCUT2D eigenvalue weighted by molar-refractivity contribution is 6.30. The Kier molecular flexibility index (Phi) is 8.97. The van der Waals surface area contributed by atoms with Crippen molar-refractivity contribution in [2.45, 2.75) is 77.3 Å². The Labute approximate surface area is 196 Å². The predicted octanol–water partition coefficient (Wildman–Crippen LogP) is 4.17. The van der Waals surface area contributed by atoms with E-state index in [1.807, 2.05) is 18.7 Å². The van der Waals surface area contributed by atoms with E-state index in [0.717, 1.165) is 44.9 Å². The molecule has 7 heteroatoms. The summed E-state index contributed by atoms with van der Waals surface area (Å²) < 4.78 is 0. The van der Waals surface area contributed by atoms with E-state index in [1.165, 1.54) is 6.42 Å². The number of nitrogens with zero attached hydrogens (tertiary/aromatic N) is 1. The van der Waals surface area contributed by atoms with Crippen LogP contribution < -0.4 is 10.6 Å². The molecular weight excluding hydrogens is 426 g/mol. The third-order valence-electron chi connectivity index (χ3n) is 7.00. The van der Waals surface area contributed by atoms with E-state index >= 15 is 0 Å². The van der Waals surface area contributed by atoms with Crippen molar-refractivity contribution in [1.29, 1.82) is 0 Å². The number of piperidine rings is 1.